The van der Waals surface area contributed by atoms with E-state index in [0.29, 0.717) is 5.92 Å². The van der Waals surface area contributed by atoms with Crippen molar-refractivity contribution in [2.24, 2.45) is 5.92 Å². The summed E-state index contributed by atoms with van der Waals surface area (Å²) in [4.78, 5) is 18.6. The predicted molar refractivity (Wildman–Crippen MR) is 90.4 cm³/mol. The molecule has 114 valence electrons. The van der Waals surface area contributed by atoms with Crippen molar-refractivity contribution < 1.29 is 4.79 Å². The fraction of sp³-hybridized carbons (Fsp3) is 0.412. The fourth-order valence-electron chi connectivity index (χ4n) is 2.96. The second-order valence-electron chi connectivity index (χ2n) is 6.05. The van der Waals surface area contributed by atoms with E-state index >= 15 is 0 Å². The molecule has 1 aromatic heterocycles. The number of thiazole rings is 1. The average molecular weight is 330 g/mol. The molecule has 0 radical (unpaired) electrons. The minimum atomic E-state index is -0.0245. The summed E-state index contributed by atoms with van der Waals surface area (Å²) in [5.41, 5.74) is 2.22. The van der Waals surface area contributed by atoms with Crippen LogP contribution in [0.2, 0.25) is 0 Å². The van der Waals surface area contributed by atoms with Crippen LogP contribution in [0, 0.1) is 12.8 Å². The molecule has 2 aromatic rings. The Balaban J connectivity index is 1.53. The van der Waals surface area contributed by atoms with Crippen molar-refractivity contribution in [2.45, 2.75) is 36.6 Å². The maximum atomic E-state index is 12.8. The zero-order valence-electron chi connectivity index (χ0n) is 12.4. The minimum absolute atomic E-state index is 0.0245. The van der Waals surface area contributed by atoms with Crippen molar-refractivity contribution >= 4 is 29.0 Å². The Morgan fingerprint density at radius 1 is 1.36 bits per heavy atom. The highest BCUT2D eigenvalue weighted by molar-refractivity contribution is 7.99. The van der Waals surface area contributed by atoms with Crippen LogP contribution in [0.15, 0.2) is 34.5 Å². The first kappa shape index (κ1) is 14.3. The first-order chi connectivity index (χ1) is 10.7. The number of nitrogens with one attached hydrogen (secondary N) is 1. The van der Waals surface area contributed by atoms with Gasteiger partial charge < -0.3 is 5.32 Å². The molecule has 1 saturated carbocycles. The highest BCUT2D eigenvalue weighted by atomic mass is 32.2. The van der Waals surface area contributed by atoms with Crippen molar-refractivity contribution in [3.63, 3.8) is 0 Å². The number of hydrogen-bond acceptors (Lipinski definition) is 4. The summed E-state index contributed by atoms with van der Waals surface area (Å²) in [6.45, 7) is 2.01. The molecule has 2 heterocycles. The lowest BCUT2D eigenvalue weighted by atomic mass is 10.00. The van der Waals surface area contributed by atoms with Gasteiger partial charge in [0.05, 0.1) is 12.0 Å². The Hall–Kier alpha value is -1.33. The summed E-state index contributed by atoms with van der Waals surface area (Å²) in [7, 11) is 0. The third kappa shape index (κ3) is 2.68. The second-order valence-corrected chi connectivity index (χ2v) is 8.00. The van der Waals surface area contributed by atoms with Gasteiger partial charge in [-0.05, 0) is 37.3 Å². The van der Waals surface area contributed by atoms with E-state index in [0.717, 1.165) is 16.5 Å². The number of carbonyl (C=O) groups is 1. The number of aryl methyl sites for hydroxylation is 1. The van der Waals surface area contributed by atoms with Gasteiger partial charge in [0.2, 0.25) is 5.91 Å². The molecule has 1 fully saturated rings. The third-order valence-electron chi connectivity index (χ3n) is 4.31. The van der Waals surface area contributed by atoms with E-state index < -0.39 is 0 Å². The summed E-state index contributed by atoms with van der Waals surface area (Å²) in [6, 6.07) is 8.35. The molecule has 1 amide bonds. The Kier molecular flexibility index (Phi) is 3.70. The van der Waals surface area contributed by atoms with Gasteiger partial charge >= 0.3 is 0 Å². The van der Waals surface area contributed by atoms with Crippen LogP contribution in [0.1, 0.15) is 41.1 Å². The molecule has 5 heteroatoms. The van der Waals surface area contributed by atoms with E-state index in [2.05, 4.69) is 27.8 Å². The lowest BCUT2D eigenvalue weighted by Crippen LogP contribution is -2.34. The molecule has 0 bridgehead atoms. The summed E-state index contributed by atoms with van der Waals surface area (Å²) in [5, 5.41) is 6.42. The summed E-state index contributed by atoms with van der Waals surface area (Å²) in [6.07, 6.45) is 2.39. The zero-order chi connectivity index (χ0) is 15.1. The predicted octanol–water partition coefficient (Wildman–Crippen LogP) is 3.91. The molecule has 3 nitrogen and oxygen atoms in total. The summed E-state index contributed by atoms with van der Waals surface area (Å²) < 4.78 is 0. The molecular formula is C17H18N2OS2. The number of nitrogens with zero attached hydrogens (tertiary/aromatic N) is 1. The van der Waals surface area contributed by atoms with Gasteiger partial charge in [0.1, 0.15) is 5.01 Å². The summed E-state index contributed by atoms with van der Waals surface area (Å²) >= 11 is 3.45. The zero-order valence-corrected chi connectivity index (χ0v) is 14.0. The van der Waals surface area contributed by atoms with Crippen LogP contribution in [0.5, 0.6) is 0 Å². The Bertz CT molecular complexity index is 708. The molecule has 2 unspecified atom stereocenters. The lowest BCUT2D eigenvalue weighted by Gasteiger charge is -2.19. The number of carbonyl (C=O) groups excluding carboxylic acids is 1. The molecular weight excluding hydrogens is 312 g/mol. The van der Waals surface area contributed by atoms with Crippen LogP contribution >= 0.6 is 23.1 Å². The minimum Gasteiger partial charge on any atom is -0.346 e. The maximum absolute atomic E-state index is 12.8. The fourth-order valence-corrected chi connectivity index (χ4v) is 5.13. The SMILES string of the molecule is Cc1csc(C(NC(=O)C2CSc3ccccc32)C2CC2)n1. The lowest BCUT2D eigenvalue weighted by molar-refractivity contribution is -0.123. The first-order valence-corrected chi connectivity index (χ1v) is 9.53. The molecule has 0 spiro atoms. The number of amides is 1. The van der Waals surface area contributed by atoms with Crippen LogP contribution in [-0.4, -0.2) is 16.6 Å². The topological polar surface area (TPSA) is 42.0 Å². The van der Waals surface area contributed by atoms with Gasteiger partial charge in [-0.1, -0.05) is 18.2 Å². The molecule has 1 N–H and O–H groups in total. The molecule has 2 aliphatic rings. The Morgan fingerprint density at radius 2 is 2.18 bits per heavy atom. The van der Waals surface area contributed by atoms with Crippen LogP contribution in [-0.2, 0) is 4.79 Å². The second kappa shape index (κ2) is 5.70. The number of thioether (sulfide) groups is 1. The number of aromatic nitrogens is 1. The number of benzene rings is 1. The molecule has 4 rings (SSSR count). The van der Waals surface area contributed by atoms with E-state index in [-0.39, 0.29) is 17.9 Å². The molecule has 1 aliphatic carbocycles. The van der Waals surface area contributed by atoms with Crippen molar-refractivity contribution in [1.29, 1.82) is 0 Å². The van der Waals surface area contributed by atoms with Gasteiger partial charge in [-0.2, -0.15) is 0 Å². The highest BCUT2D eigenvalue weighted by Gasteiger charge is 2.37. The summed E-state index contributed by atoms with van der Waals surface area (Å²) in [5.74, 6) is 1.55. The molecule has 22 heavy (non-hydrogen) atoms. The van der Waals surface area contributed by atoms with Crippen LogP contribution < -0.4 is 5.32 Å². The Labute approximate surface area is 138 Å². The molecule has 0 saturated heterocycles. The van der Waals surface area contributed by atoms with Crippen LogP contribution in [0.3, 0.4) is 0 Å². The van der Waals surface area contributed by atoms with E-state index in [1.807, 2.05) is 19.1 Å². The average Bonchev–Trinajstić information content (AvgIpc) is 3.12. The highest BCUT2D eigenvalue weighted by Crippen LogP contribution is 2.44. The van der Waals surface area contributed by atoms with Crippen LogP contribution in [0.4, 0.5) is 0 Å². The smallest absolute Gasteiger partial charge is 0.229 e. The van der Waals surface area contributed by atoms with Gasteiger partial charge in [0, 0.05) is 21.7 Å². The molecule has 1 aromatic carbocycles. The standard InChI is InChI=1S/C17H18N2OS2/c1-10-8-22-17(18-10)15(11-6-7-11)19-16(20)13-9-21-14-5-3-2-4-12(13)14/h2-5,8,11,13,15H,6-7,9H2,1H3,(H,19,20). The van der Waals surface area contributed by atoms with E-state index in [1.54, 1.807) is 23.1 Å². The van der Waals surface area contributed by atoms with E-state index in [4.69, 9.17) is 0 Å². The number of hydrogen-bond donors (Lipinski definition) is 1. The number of fused-ring (bicyclic) bond motifs is 1. The quantitative estimate of drug-likeness (QED) is 0.924. The van der Waals surface area contributed by atoms with Crippen molar-refractivity contribution in [2.75, 3.05) is 5.75 Å². The first-order valence-electron chi connectivity index (χ1n) is 7.66. The molecule has 2 atom stereocenters. The largest absolute Gasteiger partial charge is 0.346 e. The molecule has 1 aliphatic heterocycles. The van der Waals surface area contributed by atoms with Gasteiger partial charge in [-0.3, -0.25) is 4.79 Å². The normalized spacial score (nSPS) is 21.4. The van der Waals surface area contributed by atoms with E-state index in [1.165, 1.54) is 23.3 Å². The van der Waals surface area contributed by atoms with Gasteiger partial charge in [-0.25, -0.2) is 4.98 Å². The van der Waals surface area contributed by atoms with Gasteiger partial charge in [-0.15, -0.1) is 23.1 Å². The maximum Gasteiger partial charge on any atom is 0.229 e. The third-order valence-corrected chi connectivity index (χ3v) is 6.54. The van der Waals surface area contributed by atoms with Gasteiger partial charge in [0.25, 0.3) is 0 Å². The monoisotopic (exact) mass is 330 g/mol. The van der Waals surface area contributed by atoms with Crippen molar-refractivity contribution in [3.8, 4) is 0 Å². The Morgan fingerprint density at radius 3 is 2.91 bits per heavy atom. The van der Waals surface area contributed by atoms with Crippen molar-refractivity contribution in [3.05, 3.63) is 45.9 Å². The van der Waals surface area contributed by atoms with Crippen molar-refractivity contribution in [1.82, 2.24) is 10.3 Å². The van der Waals surface area contributed by atoms with Gasteiger partial charge in [0.15, 0.2) is 0 Å². The number of rotatable bonds is 4. The van der Waals surface area contributed by atoms with Crippen LogP contribution in [0.25, 0.3) is 0 Å². The van der Waals surface area contributed by atoms with E-state index in [9.17, 15) is 4.79 Å².